The Morgan fingerprint density at radius 1 is 1.06 bits per heavy atom. The third-order valence-electron chi connectivity index (χ3n) is 5.78. The average molecular weight is 484 g/mol. The summed E-state index contributed by atoms with van der Waals surface area (Å²) in [4.78, 5) is 35.3. The maximum Gasteiger partial charge on any atom is 0.429 e. The molecule has 2 aliphatic rings. The Morgan fingerprint density at radius 2 is 1.64 bits per heavy atom. The molecule has 0 saturated carbocycles. The van der Waals surface area contributed by atoms with E-state index in [0.29, 0.717) is 45.2 Å². The van der Waals surface area contributed by atoms with Crippen LogP contribution in [-0.2, 0) is 19.7 Å². The number of nitrogens with zero attached hydrogens (tertiary/aromatic N) is 4. The fraction of sp³-hybridized carbons (Fsp3) is 0.773. The first-order valence-corrected chi connectivity index (χ1v) is 12.3. The van der Waals surface area contributed by atoms with Gasteiger partial charge < -0.3 is 19.1 Å². The van der Waals surface area contributed by atoms with Gasteiger partial charge in [-0.3, -0.25) is 15.1 Å². The maximum absolute atomic E-state index is 13.5. The van der Waals surface area contributed by atoms with Crippen molar-refractivity contribution in [3.05, 3.63) is 10.7 Å². The molecular weight excluding hydrogens is 446 g/mol. The second kappa shape index (κ2) is 10.5. The van der Waals surface area contributed by atoms with Gasteiger partial charge in [0.1, 0.15) is 10.0 Å². The lowest BCUT2D eigenvalue weighted by Gasteiger charge is -2.39. The second-order valence-electron chi connectivity index (χ2n) is 9.58. The minimum atomic E-state index is -0.674. The molecule has 0 radical (unpaired) electrons. The summed E-state index contributed by atoms with van der Waals surface area (Å²) in [5, 5.41) is 2.88. The molecule has 10 nitrogen and oxygen atoms in total. The summed E-state index contributed by atoms with van der Waals surface area (Å²) in [5.41, 5.74) is 2.03. The molecule has 2 fully saturated rings. The molecule has 186 valence electrons. The second-order valence-corrected chi connectivity index (χ2v) is 10.6. The van der Waals surface area contributed by atoms with Crippen LogP contribution >= 0.6 is 11.3 Å². The van der Waals surface area contributed by atoms with E-state index in [9.17, 15) is 9.59 Å². The van der Waals surface area contributed by atoms with E-state index in [1.165, 1.54) is 16.3 Å². The summed E-state index contributed by atoms with van der Waals surface area (Å²) in [5.74, 6) is -0.431. The van der Waals surface area contributed by atoms with Crippen LogP contribution in [0.2, 0.25) is 0 Å². The Hall–Kier alpha value is -1.95. The number of aromatic nitrogens is 1. The van der Waals surface area contributed by atoms with Gasteiger partial charge in [-0.25, -0.2) is 14.8 Å². The molecule has 0 aromatic carbocycles. The average Bonchev–Trinajstić information content (AvgIpc) is 3.24. The van der Waals surface area contributed by atoms with Crippen LogP contribution in [0.25, 0.3) is 0 Å². The molecule has 1 aromatic rings. The summed E-state index contributed by atoms with van der Waals surface area (Å²) in [6, 6.07) is 0. The predicted molar refractivity (Wildman–Crippen MR) is 127 cm³/mol. The number of hydrazine groups is 1. The van der Waals surface area contributed by atoms with E-state index < -0.39 is 17.5 Å². The molecule has 0 bridgehead atoms. The highest BCUT2D eigenvalue weighted by Crippen LogP contribution is 2.38. The number of ether oxygens (including phenoxy) is 3. The van der Waals surface area contributed by atoms with Gasteiger partial charge in [0.05, 0.1) is 44.1 Å². The van der Waals surface area contributed by atoms with Crippen LogP contribution in [0.4, 0.5) is 9.80 Å². The van der Waals surface area contributed by atoms with Crippen LogP contribution in [0, 0.1) is 0 Å². The van der Waals surface area contributed by atoms with Gasteiger partial charge in [-0.2, -0.15) is 0 Å². The number of carbonyl (C=O) groups is 2. The van der Waals surface area contributed by atoms with Gasteiger partial charge >= 0.3 is 6.09 Å². The molecule has 3 rings (SSSR count). The van der Waals surface area contributed by atoms with Gasteiger partial charge in [0.2, 0.25) is 0 Å². The molecule has 33 heavy (non-hydrogen) atoms. The highest BCUT2D eigenvalue weighted by molar-refractivity contribution is 7.16. The minimum absolute atomic E-state index is 0.217. The van der Waals surface area contributed by atoms with Crippen LogP contribution in [-0.4, -0.2) is 91.6 Å². The van der Waals surface area contributed by atoms with Crippen molar-refractivity contribution < 1.29 is 23.8 Å². The number of hydrogen-bond acceptors (Lipinski definition) is 9. The Morgan fingerprint density at radius 3 is 2.18 bits per heavy atom. The Bertz CT molecular complexity index is 826. The number of rotatable bonds is 5. The van der Waals surface area contributed by atoms with Gasteiger partial charge in [0.15, 0.2) is 5.69 Å². The van der Waals surface area contributed by atoms with Crippen LogP contribution < -0.4 is 10.3 Å². The van der Waals surface area contributed by atoms with E-state index in [-0.39, 0.29) is 12.1 Å². The first kappa shape index (κ1) is 25.7. The molecule has 2 aliphatic heterocycles. The maximum atomic E-state index is 13.5. The van der Waals surface area contributed by atoms with Crippen molar-refractivity contribution in [3.8, 4) is 0 Å². The van der Waals surface area contributed by atoms with E-state index >= 15 is 0 Å². The van der Waals surface area contributed by atoms with E-state index in [4.69, 9.17) is 19.2 Å². The van der Waals surface area contributed by atoms with Crippen LogP contribution in [0.1, 0.15) is 57.0 Å². The number of anilines is 1. The predicted octanol–water partition coefficient (Wildman–Crippen LogP) is 2.45. The Balaban J connectivity index is 1.94. The number of morpholine rings is 2. The third-order valence-corrected chi connectivity index (χ3v) is 7.21. The van der Waals surface area contributed by atoms with Crippen molar-refractivity contribution in [3.63, 3.8) is 0 Å². The van der Waals surface area contributed by atoms with Gasteiger partial charge in [-0.15, -0.1) is 0 Å². The zero-order chi connectivity index (χ0) is 24.2. The number of carbonyl (C=O) groups excluding carboxylic acids is 2. The fourth-order valence-corrected chi connectivity index (χ4v) is 5.04. The van der Waals surface area contributed by atoms with Crippen LogP contribution in [0.3, 0.4) is 0 Å². The zero-order valence-corrected chi connectivity index (χ0v) is 21.4. The summed E-state index contributed by atoms with van der Waals surface area (Å²) in [6.45, 7) is 17.2. The number of hydrogen-bond donors (Lipinski definition) is 1. The van der Waals surface area contributed by atoms with E-state index in [1.807, 2.05) is 20.8 Å². The van der Waals surface area contributed by atoms with Crippen molar-refractivity contribution in [2.24, 2.45) is 0 Å². The lowest BCUT2D eigenvalue weighted by atomic mass is 10.0. The van der Waals surface area contributed by atoms with Crippen molar-refractivity contribution >= 4 is 28.3 Å². The third kappa shape index (κ3) is 5.95. The summed E-state index contributed by atoms with van der Waals surface area (Å²) in [7, 11) is 0. The molecule has 0 aliphatic carbocycles. The molecule has 3 heterocycles. The lowest BCUT2D eigenvalue weighted by Crippen LogP contribution is -2.56. The van der Waals surface area contributed by atoms with E-state index in [1.54, 1.807) is 6.92 Å². The van der Waals surface area contributed by atoms with Gasteiger partial charge in [0.25, 0.3) is 5.91 Å². The molecule has 2 saturated heterocycles. The van der Waals surface area contributed by atoms with Crippen molar-refractivity contribution in [2.75, 3.05) is 64.1 Å². The van der Waals surface area contributed by atoms with Crippen LogP contribution in [0.5, 0.6) is 0 Å². The van der Waals surface area contributed by atoms with E-state index in [2.05, 4.69) is 29.1 Å². The molecule has 1 aromatic heterocycles. The first-order chi connectivity index (χ1) is 15.6. The molecule has 0 unspecified atom stereocenters. The number of thiazole rings is 1. The summed E-state index contributed by atoms with van der Waals surface area (Å²) < 4.78 is 16.2. The first-order valence-electron chi connectivity index (χ1n) is 11.5. The number of amides is 2. The highest BCUT2D eigenvalue weighted by atomic mass is 32.1. The van der Waals surface area contributed by atoms with Crippen LogP contribution in [0.15, 0.2) is 0 Å². The zero-order valence-electron chi connectivity index (χ0n) is 20.6. The summed E-state index contributed by atoms with van der Waals surface area (Å²) >= 11 is 1.53. The normalized spacial score (nSPS) is 18.2. The summed E-state index contributed by atoms with van der Waals surface area (Å²) in [6.07, 6.45) is -0.602. The molecule has 11 heteroatoms. The van der Waals surface area contributed by atoms with Gasteiger partial charge in [0, 0.05) is 26.2 Å². The largest absolute Gasteiger partial charge is 0.448 e. The Labute approximate surface area is 200 Å². The lowest BCUT2D eigenvalue weighted by molar-refractivity contribution is -0.0119. The smallest absolute Gasteiger partial charge is 0.429 e. The van der Waals surface area contributed by atoms with Gasteiger partial charge in [-0.1, -0.05) is 11.3 Å². The molecule has 0 atom stereocenters. The monoisotopic (exact) mass is 483 g/mol. The van der Waals surface area contributed by atoms with Crippen molar-refractivity contribution in [1.29, 1.82) is 0 Å². The van der Waals surface area contributed by atoms with Gasteiger partial charge in [-0.05, 0) is 41.5 Å². The molecular formula is C22H37N5O5S. The molecule has 0 spiro atoms. The van der Waals surface area contributed by atoms with E-state index in [0.717, 1.165) is 23.1 Å². The van der Waals surface area contributed by atoms with Crippen molar-refractivity contribution in [1.82, 2.24) is 20.3 Å². The topological polar surface area (TPSA) is 96.5 Å². The standard InChI is InChI=1S/C22H37N5O5S/c1-7-32-20(29)27(21(2,3)4)24-17(28)16-18(25-8-12-30-13-9-25)33-19(23-16)22(5,6)26-10-14-31-15-11-26/h7-15H2,1-6H3,(H,24,28). The quantitative estimate of drug-likeness (QED) is 0.638. The Kier molecular flexibility index (Phi) is 8.20. The molecule has 2 amide bonds. The van der Waals surface area contributed by atoms with Crippen molar-refractivity contribution in [2.45, 2.75) is 52.6 Å². The SMILES string of the molecule is CCOC(=O)N(NC(=O)c1nc(C(C)(C)N2CCOCC2)sc1N1CCOCC1)C(C)(C)C. The minimum Gasteiger partial charge on any atom is -0.448 e. The molecule has 1 N–H and O–H groups in total. The number of nitrogens with one attached hydrogen (secondary N) is 1. The highest BCUT2D eigenvalue weighted by Gasteiger charge is 2.37. The fourth-order valence-electron chi connectivity index (χ4n) is 3.79.